The van der Waals surface area contributed by atoms with Crippen molar-refractivity contribution in [2.45, 2.75) is 17.8 Å². The van der Waals surface area contributed by atoms with E-state index < -0.39 is 7.12 Å². The van der Waals surface area contributed by atoms with Gasteiger partial charge in [0.25, 0.3) is 0 Å². The van der Waals surface area contributed by atoms with Gasteiger partial charge in [0.2, 0.25) is 0 Å². The first-order chi connectivity index (χ1) is 9.60. The molecule has 0 atom stereocenters. The molecule has 1 aromatic carbocycles. The quantitative estimate of drug-likeness (QED) is 0.481. The van der Waals surface area contributed by atoms with E-state index in [0.717, 1.165) is 11.1 Å². The van der Waals surface area contributed by atoms with Crippen LogP contribution in [0.15, 0.2) is 35.7 Å². The Morgan fingerprint density at radius 1 is 1.25 bits per heavy atom. The number of hydrogen-bond acceptors (Lipinski definition) is 6. The molecule has 0 unspecified atom stereocenters. The third-order valence-corrected chi connectivity index (χ3v) is 3.64. The van der Waals surface area contributed by atoms with E-state index in [0.29, 0.717) is 22.1 Å². The zero-order valence-corrected chi connectivity index (χ0v) is 12.1. The number of ether oxygens (including phenoxy) is 1. The van der Waals surface area contributed by atoms with Gasteiger partial charge in [-0.15, -0.1) is 0 Å². The van der Waals surface area contributed by atoms with Crippen molar-refractivity contribution in [2.24, 2.45) is 0 Å². The molecule has 0 saturated heterocycles. The molecule has 2 aromatic rings. The molecule has 0 aliphatic carbocycles. The molecule has 7 heteroatoms. The summed E-state index contributed by atoms with van der Waals surface area (Å²) in [7, 11) is -0.0546. The molecule has 0 bridgehead atoms. The van der Waals surface area contributed by atoms with Crippen LogP contribution >= 0.6 is 11.8 Å². The molecule has 0 aliphatic heterocycles. The van der Waals surface area contributed by atoms with E-state index in [1.165, 1.54) is 18.9 Å². The molecule has 1 heterocycles. The van der Waals surface area contributed by atoms with E-state index in [1.54, 1.807) is 24.5 Å². The van der Waals surface area contributed by atoms with Crippen LogP contribution in [0.4, 0.5) is 0 Å². The van der Waals surface area contributed by atoms with Crippen LogP contribution in [0.5, 0.6) is 5.75 Å². The summed E-state index contributed by atoms with van der Waals surface area (Å²) in [6.07, 6.45) is 3.54. The summed E-state index contributed by atoms with van der Waals surface area (Å²) in [5.41, 5.74) is 2.32. The number of nitrogens with zero attached hydrogens (tertiary/aromatic N) is 2. The largest absolute Gasteiger partial charge is 0.497 e. The third kappa shape index (κ3) is 3.72. The first kappa shape index (κ1) is 14.8. The number of rotatable bonds is 5. The van der Waals surface area contributed by atoms with Gasteiger partial charge in [0.15, 0.2) is 5.16 Å². The first-order valence-electron chi connectivity index (χ1n) is 6.04. The lowest BCUT2D eigenvalue weighted by molar-refractivity contribution is 0.403. The van der Waals surface area contributed by atoms with Gasteiger partial charge in [-0.1, -0.05) is 23.9 Å². The summed E-state index contributed by atoms with van der Waals surface area (Å²) >= 11 is 1.49. The molecule has 0 spiro atoms. The van der Waals surface area contributed by atoms with Crippen LogP contribution in [-0.4, -0.2) is 34.2 Å². The second-order valence-corrected chi connectivity index (χ2v) is 5.22. The molecule has 0 aliphatic rings. The highest BCUT2D eigenvalue weighted by Crippen LogP contribution is 2.20. The van der Waals surface area contributed by atoms with Crippen LogP contribution in [-0.2, 0) is 5.75 Å². The highest BCUT2D eigenvalue weighted by Gasteiger charge is 2.17. The van der Waals surface area contributed by atoms with E-state index in [4.69, 9.17) is 4.74 Å². The minimum atomic E-state index is -1.55. The van der Waals surface area contributed by atoms with Crippen molar-refractivity contribution in [1.82, 2.24) is 9.97 Å². The fourth-order valence-corrected chi connectivity index (χ4v) is 2.41. The number of aromatic nitrogens is 2. The second-order valence-electron chi connectivity index (χ2n) is 4.28. The number of benzene rings is 1. The highest BCUT2D eigenvalue weighted by molar-refractivity contribution is 7.98. The normalized spacial score (nSPS) is 10.4. The van der Waals surface area contributed by atoms with Crippen LogP contribution in [0.3, 0.4) is 0 Å². The fourth-order valence-electron chi connectivity index (χ4n) is 1.68. The molecule has 0 fully saturated rings. The van der Waals surface area contributed by atoms with Gasteiger partial charge >= 0.3 is 7.12 Å². The molecule has 0 radical (unpaired) electrons. The van der Waals surface area contributed by atoms with E-state index >= 15 is 0 Å². The molecule has 0 amide bonds. The van der Waals surface area contributed by atoms with Crippen LogP contribution < -0.4 is 10.2 Å². The van der Waals surface area contributed by atoms with Gasteiger partial charge in [0.05, 0.1) is 7.11 Å². The highest BCUT2D eigenvalue weighted by atomic mass is 32.2. The van der Waals surface area contributed by atoms with Crippen molar-refractivity contribution in [2.75, 3.05) is 7.11 Å². The summed E-state index contributed by atoms with van der Waals surface area (Å²) in [6, 6.07) is 5.32. The van der Waals surface area contributed by atoms with Crippen LogP contribution in [0.25, 0.3) is 0 Å². The maximum Gasteiger partial charge on any atom is 0.492 e. The molecule has 5 nitrogen and oxygen atoms in total. The lowest BCUT2D eigenvalue weighted by Gasteiger charge is -2.09. The van der Waals surface area contributed by atoms with Crippen LogP contribution in [0.2, 0.25) is 0 Å². The Morgan fingerprint density at radius 3 is 2.55 bits per heavy atom. The van der Waals surface area contributed by atoms with Gasteiger partial charge in [0.1, 0.15) is 5.75 Å². The Morgan fingerprint density at radius 2 is 1.95 bits per heavy atom. The second kappa shape index (κ2) is 6.74. The van der Waals surface area contributed by atoms with E-state index in [-0.39, 0.29) is 0 Å². The Balaban J connectivity index is 2.09. The minimum Gasteiger partial charge on any atom is -0.497 e. The maximum absolute atomic E-state index is 9.32. The lowest BCUT2D eigenvalue weighted by atomic mass is 9.79. The lowest BCUT2D eigenvalue weighted by Crippen LogP contribution is -2.31. The summed E-state index contributed by atoms with van der Waals surface area (Å²) in [6.45, 7) is 1.94. The average molecular weight is 290 g/mol. The molecule has 2 rings (SSSR count). The minimum absolute atomic E-state index is 0.357. The average Bonchev–Trinajstić information content (AvgIpc) is 2.46. The van der Waals surface area contributed by atoms with Gasteiger partial charge in [-0.25, -0.2) is 9.97 Å². The Bertz CT molecular complexity index is 578. The van der Waals surface area contributed by atoms with Gasteiger partial charge in [-0.2, -0.15) is 0 Å². The fraction of sp³-hybridized carbons (Fsp3) is 0.231. The molecule has 20 heavy (non-hydrogen) atoms. The van der Waals surface area contributed by atoms with Crippen molar-refractivity contribution >= 4 is 24.3 Å². The Kier molecular flexibility index (Phi) is 5.00. The standard InChI is InChI=1S/C13H15BN2O3S/c1-9-6-15-13(16-7-9)20-8-10-3-4-12(19-2)11(5-10)14(17)18/h3-7,17-18H,8H2,1-2H3. The molecular formula is C13H15BN2O3S. The molecule has 1 aromatic heterocycles. The topological polar surface area (TPSA) is 75.5 Å². The van der Waals surface area contributed by atoms with Crippen molar-refractivity contribution in [3.05, 3.63) is 41.7 Å². The van der Waals surface area contributed by atoms with Crippen molar-refractivity contribution in [3.63, 3.8) is 0 Å². The van der Waals surface area contributed by atoms with Crippen LogP contribution in [0.1, 0.15) is 11.1 Å². The molecule has 2 N–H and O–H groups in total. The van der Waals surface area contributed by atoms with Crippen molar-refractivity contribution < 1.29 is 14.8 Å². The SMILES string of the molecule is COc1ccc(CSc2ncc(C)cn2)cc1B(O)O. The summed E-state index contributed by atoms with van der Waals surface area (Å²) < 4.78 is 5.09. The van der Waals surface area contributed by atoms with Gasteiger partial charge in [0, 0.05) is 23.6 Å². The zero-order chi connectivity index (χ0) is 14.5. The first-order valence-corrected chi connectivity index (χ1v) is 7.03. The monoisotopic (exact) mass is 290 g/mol. The molecule has 0 saturated carbocycles. The molecule has 104 valence electrons. The van der Waals surface area contributed by atoms with E-state index in [1.807, 2.05) is 13.0 Å². The summed E-state index contributed by atoms with van der Waals surface area (Å²) in [5.74, 6) is 1.10. The predicted molar refractivity (Wildman–Crippen MR) is 79.1 cm³/mol. The van der Waals surface area contributed by atoms with Crippen molar-refractivity contribution in [3.8, 4) is 5.75 Å². The third-order valence-electron chi connectivity index (χ3n) is 2.70. The number of thioether (sulfide) groups is 1. The number of aryl methyl sites for hydroxylation is 1. The maximum atomic E-state index is 9.32. The summed E-state index contributed by atoms with van der Waals surface area (Å²) in [5, 5.41) is 19.3. The van der Waals surface area contributed by atoms with Gasteiger partial charge in [-0.3, -0.25) is 0 Å². The van der Waals surface area contributed by atoms with Gasteiger partial charge < -0.3 is 14.8 Å². The number of hydrogen-bond donors (Lipinski definition) is 2. The predicted octanol–water partition coefficient (Wildman–Crippen LogP) is 0.766. The van der Waals surface area contributed by atoms with Gasteiger partial charge in [-0.05, 0) is 24.1 Å². The Hall–Kier alpha value is -1.57. The number of methoxy groups -OCH3 is 1. The Labute approximate surface area is 122 Å². The molecular weight excluding hydrogens is 275 g/mol. The summed E-state index contributed by atoms with van der Waals surface area (Å²) in [4.78, 5) is 8.43. The van der Waals surface area contributed by atoms with E-state index in [2.05, 4.69) is 9.97 Å². The van der Waals surface area contributed by atoms with E-state index in [9.17, 15) is 10.0 Å². The zero-order valence-electron chi connectivity index (χ0n) is 11.3. The van der Waals surface area contributed by atoms with Crippen LogP contribution in [0, 0.1) is 6.92 Å². The smallest absolute Gasteiger partial charge is 0.492 e. The van der Waals surface area contributed by atoms with Crippen molar-refractivity contribution in [1.29, 1.82) is 0 Å².